The van der Waals surface area contributed by atoms with Gasteiger partial charge in [-0.05, 0) is 19.8 Å². The Morgan fingerprint density at radius 2 is 2.43 bits per heavy atom. The van der Waals surface area contributed by atoms with E-state index in [2.05, 4.69) is 10.3 Å². The van der Waals surface area contributed by atoms with E-state index in [0.717, 1.165) is 15.7 Å². The molecule has 1 heterocycles. The third-order valence-corrected chi connectivity index (χ3v) is 3.49. The molecule has 0 aromatic carbocycles. The summed E-state index contributed by atoms with van der Waals surface area (Å²) in [5.74, 6) is 0. The summed E-state index contributed by atoms with van der Waals surface area (Å²) in [6.07, 6.45) is 2.47. The highest BCUT2D eigenvalue weighted by Crippen LogP contribution is 2.31. The second-order valence-corrected chi connectivity index (χ2v) is 4.71. The van der Waals surface area contributed by atoms with Crippen LogP contribution < -0.4 is 11.1 Å². The molecule has 0 saturated heterocycles. The maximum atomic E-state index is 8.95. The molecule has 14 heavy (non-hydrogen) atoms. The number of rotatable bonds is 4. The molecule has 1 aliphatic rings. The molecule has 0 amide bonds. The maximum absolute atomic E-state index is 8.95. The fourth-order valence-corrected chi connectivity index (χ4v) is 2.33. The van der Waals surface area contributed by atoms with Crippen molar-refractivity contribution in [1.82, 2.24) is 4.98 Å². The number of anilines is 1. The van der Waals surface area contributed by atoms with Crippen molar-refractivity contribution in [1.29, 1.82) is 0 Å². The number of hydrogen-bond acceptors (Lipinski definition) is 5. The number of nitrogens with one attached hydrogen (secondary N) is 1. The van der Waals surface area contributed by atoms with Gasteiger partial charge in [-0.2, -0.15) is 0 Å². The molecule has 1 unspecified atom stereocenters. The summed E-state index contributed by atoms with van der Waals surface area (Å²) in [6, 6.07) is 0.320. The van der Waals surface area contributed by atoms with Crippen LogP contribution in [0.1, 0.15) is 29.5 Å². The average molecular weight is 213 g/mol. The van der Waals surface area contributed by atoms with E-state index in [4.69, 9.17) is 10.8 Å². The summed E-state index contributed by atoms with van der Waals surface area (Å²) >= 11 is 1.55. The summed E-state index contributed by atoms with van der Waals surface area (Å²) in [4.78, 5) is 5.36. The van der Waals surface area contributed by atoms with Crippen molar-refractivity contribution in [2.45, 2.75) is 31.8 Å². The molecule has 1 saturated carbocycles. The van der Waals surface area contributed by atoms with E-state index in [1.807, 2.05) is 6.92 Å². The van der Waals surface area contributed by atoms with Crippen LogP contribution in [0.2, 0.25) is 0 Å². The van der Waals surface area contributed by atoms with Gasteiger partial charge in [-0.1, -0.05) is 0 Å². The Kier molecular flexibility index (Phi) is 2.71. The van der Waals surface area contributed by atoms with Gasteiger partial charge in [-0.15, -0.1) is 11.3 Å². The lowest BCUT2D eigenvalue weighted by Crippen LogP contribution is -2.13. The number of nitrogens with two attached hydrogens (primary N) is 1. The number of aryl methyl sites for hydroxylation is 1. The van der Waals surface area contributed by atoms with Gasteiger partial charge in [0, 0.05) is 10.9 Å². The van der Waals surface area contributed by atoms with Crippen LogP contribution in [0.15, 0.2) is 0 Å². The first-order valence-corrected chi connectivity index (χ1v) is 5.62. The molecule has 1 fully saturated rings. The molecule has 1 aromatic heterocycles. The molecule has 0 aliphatic heterocycles. The van der Waals surface area contributed by atoms with E-state index in [0.29, 0.717) is 6.04 Å². The van der Waals surface area contributed by atoms with Crippen LogP contribution in [0.4, 0.5) is 5.13 Å². The lowest BCUT2D eigenvalue weighted by molar-refractivity contribution is 0.269. The van der Waals surface area contributed by atoms with E-state index in [1.165, 1.54) is 12.8 Å². The highest BCUT2D eigenvalue weighted by atomic mass is 32.1. The Morgan fingerprint density at radius 3 is 3.00 bits per heavy atom. The number of hydrogen-bond donors (Lipinski definition) is 3. The van der Waals surface area contributed by atoms with Gasteiger partial charge in [0.2, 0.25) is 0 Å². The van der Waals surface area contributed by atoms with Crippen molar-refractivity contribution in [2.24, 2.45) is 5.73 Å². The standard InChI is InChI=1S/C9H15N3OS/c1-5-8(7(10)4-13)14-9(11-5)12-6-2-3-6/h6-7,13H,2-4,10H2,1H3,(H,11,12). The molecule has 1 aliphatic carbocycles. The Balaban J connectivity index is 2.11. The topological polar surface area (TPSA) is 71.2 Å². The smallest absolute Gasteiger partial charge is 0.183 e. The molecule has 0 bridgehead atoms. The van der Waals surface area contributed by atoms with Crippen LogP contribution in [0.5, 0.6) is 0 Å². The molecule has 2 rings (SSSR count). The Labute approximate surface area is 87.2 Å². The SMILES string of the molecule is Cc1nc(NC2CC2)sc1C(N)CO. The van der Waals surface area contributed by atoms with Crippen molar-refractivity contribution in [3.05, 3.63) is 10.6 Å². The van der Waals surface area contributed by atoms with Crippen LogP contribution in [-0.2, 0) is 0 Å². The lowest BCUT2D eigenvalue weighted by atomic mass is 10.2. The summed E-state index contributed by atoms with van der Waals surface area (Å²) in [5.41, 5.74) is 6.68. The summed E-state index contributed by atoms with van der Waals surface area (Å²) < 4.78 is 0. The van der Waals surface area contributed by atoms with Gasteiger partial charge in [0.15, 0.2) is 5.13 Å². The molecule has 4 nitrogen and oxygen atoms in total. The third-order valence-electron chi connectivity index (χ3n) is 2.27. The molecule has 1 aromatic rings. The molecular weight excluding hydrogens is 198 g/mol. The first-order chi connectivity index (χ1) is 6.70. The van der Waals surface area contributed by atoms with Crippen LogP contribution in [0.25, 0.3) is 0 Å². The third kappa shape index (κ3) is 2.05. The minimum Gasteiger partial charge on any atom is -0.394 e. The minimum absolute atomic E-state index is 0.0219. The zero-order valence-electron chi connectivity index (χ0n) is 8.16. The van der Waals surface area contributed by atoms with Gasteiger partial charge in [0.25, 0.3) is 0 Å². The lowest BCUT2D eigenvalue weighted by Gasteiger charge is -2.04. The highest BCUT2D eigenvalue weighted by molar-refractivity contribution is 7.15. The summed E-state index contributed by atoms with van der Waals surface area (Å²) in [6.45, 7) is 1.91. The van der Waals surface area contributed by atoms with Gasteiger partial charge >= 0.3 is 0 Å². The molecule has 5 heteroatoms. The van der Waals surface area contributed by atoms with E-state index in [9.17, 15) is 0 Å². The number of aromatic nitrogens is 1. The van der Waals surface area contributed by atoms with Gasteiger partial charge in [0.1, 0.15) is 0 Å². The second-order valence-electron chi connectivity index (χ2n) is 3.68. The van der Waals surface area contributed by atoms with E-state index in [-0.39, 0.29) is 12.6 Å². The first-order valence-electron chi connectivity index (χ1n) is 4.81. The molecule has 4 N–H and O–H groups in total. The second kappa shape index (κ2) is 3.84. The van der Waals surface area contributed by atoms with Gasteiger partial charge in [-0.3, -0.25) is 0 Å². The largest absolute Gasteiger partial charge is 0.394 e. The predicted octanol–water partition coefficient (Wildman–Crippen LogP) is 1.02. The molecule has 0 radical (unpaired) electrons. The first kappa shape index (κ1) is 9.89. The highest BCUT2D eigenvalue weighted by Gasteiger charge is 2.23. The monoisotopic (exact) mass is 213 g/mol. The number of nitrogens with zero attached hydrogens (tertiary/aromatic N) is 1. The number of aliphatic hydroxyl groups is 1. The number of thiazole rings is 1. The molecule has 1 atom stereocenters. The molecular formula is C9H15N3OS. The van der Waals surface area contributed by atoms with Gasteiger partial charge < -0.3 is 16.2 Å². The fourth-order valence-electron chi connectivity index (χ4n) is 1.30. The maximum Gasteiger partial charge on any atom is 0.183 e. The predicted molar refractivity (Wildman–Crippen MR) is 57.5 cm³/mol. The van der Waals surface area contributed by atoms with Crippen LogP contribution in [0, 0.1) is 6.92 Å². The van der Waals surface area contributed by atoms with Crippen molar-refractivity contribution in [2.75, 3.05) is 11.9 Å². The van der Waals surface area contributed by atoms with Crippen molar-refractivity contribution in [3.63, 3.8) is 0 Å². The van der Waals surface area contributed by atoms with Crippen LogP contribution >= 0.6 is 11.3 Å². The Morgan fingerprint density at radius 1 is 1.71 bits per heavy atom. The molecule has 78 valence electrons. The van der Waals surface area contributed by atoms with Crippen molar-refractivity contribution >= 4 is 16.5 Å². The fraction of sp³-hybridized carbons (Fsp3) is 0.667. The van der Waals surface area contributed by atoms with Crippen LogP contribution in [-0.4, -0.2) is 22.7 Å². The number of aliphatic hydroxyl groups excluding tert-OH is 1. The summed E-state index contributed by atoms with van der Waals surface area (Å²) in [7, 11) is 0. The Hall–Kier alpha value is -0.650. The zero-order valence-corrected chi connectivity index (χ0v) is 8.97. The average Bonchev–Trinajstić information content (AvgIpc) is 2.89. The van der Waals surface area contributed by atoms with E-state index in [1.54, 1.807) is 11.3 Å². The normalized spacial score (nSPS) is 18.2. The van der Waals surface area contributed by atoms with E-state index < -0.39 is 0 Å². The zero-order chi connectivity index (χ0) is 10.1. The van der Waals surface area contributed by atoms with Gasteiger partial charge in [0.05, 0.1) is 18.3 Å². The van der Waals surface area contributed by atoms with Crippen molar-refractivity contribution < 1.29 is 5.11 Å². The Bertz CT molecular complexity index is 322. The summed E-state index contributed by atoms with van der Waals surface area (Å²) in [5, 5.41) is 13.2. The van der Waals surface area contributed by atoms with E-state index >= 15 is 0 Å². The minimum atomic E-state index is -0.290. The van der Waals surface area contributed by atoms with Gasteiger partial charge in [-0.25, -0.2) is 4.98 Å². The van der Waals surface area contributed by atoms with Crippen LogP contribution in [0.3, 0.4) is 0 Å². The quantitative estimate of drug-likeness (QED) is 0.698. The van der Waals surface area contributed by atoms with Crippen molar-refractivity contribution in [3.8, 4) is 0 Å². The molecule has 0 spiro atoms.